The molecule has 6 nitrogen and oxygen atoms in total. The van der Waals surface area contributed by atoms with Gasteiger partial charge in [0.05, 0.1) is 0 Å². The van der Waals surface area contributed by atoms with Gasteiger partial charge in [0, 0.05) is 23.8 Å². The molecule has 1 saturated heterocycles. The van der Waals surface area contributed by atoms with Crippen molar-refractivity contribution in [3.8, 4) is 0 Å². The summed E-state index contributed by atoms with van der Waals surface area (Å²) in [6.45, 7) is 10.4. The van der Waals surface area contributed by atoms with Crippen molar-refractivity contribution in [3.05, 3.63) is 29.8 Å². The first-order valence-corrected chi connectivity index (χ1v) is 8.91. The van der Waals surface area contributed by atoms with E-state index in [9.17, 15) is 9.59 Å². The zero-order valence-electron chi connectivity index (χ0n) is 15.6. The second-order valence-corrected chi connectivity index (χ2v) is 7.34. The minimum absolute atomic E-state index is 0.0910. The molecule has 2 rings (SSSR count). The largest absolute Gasteiger partial charge is 0.444 e. The predicted molar refractivity (Wildman–Crippen MR) is 98.9 cm³/mol. The van der Waals surface area contributed by atoms with Crippen LogP contribution in [0.1, 0.15) is 50.9 Å². The highest BCUT2D eigenvalue weighted by atomic mass is 16.6. The number of nitrogens with zero attached hydrogens (tertiary/aromatic N) is 1. The Morgan fingerprint density at radius 2 is 1.92 bits per heavy atom. The maximum absolute atomic E-state index is 12.3. The summed E-state index contributed by atoms with van der Waals surface area (Å²) in [7, 11) is 0. The van der Waals surface area contributed by atoms with Crippen molar-refractivity contribution < 1.29 is 14.3 Å². The lowest BCUT2D eigenvalue weighted by atomic mass is 10.1. The van der Waals surface area contributed by atoms with Gasteiger partial charge in [-0.3, -0.25) is 15.0 Å². The van der Waals surface area contributed by atoms with Crippen molar-refractivity contribution in [2.45, 2.75) is 52.2 Å². The molecule has 1 aliphatic rings. The maximum Gasteiger partial charge on any atom is 0.412 e. The van der Waals surface area contributed by atoms with E-state index in [0.29, 0.717) is 23.8 Å². The number of amides is 2. The molecule has 2 amide bonds. The Morgan fingerprint density at radius 1 is 1.24 bits per heavy atom. The highest BCUT2D eigenvalue weighted by molar-refractivity contribution is 5.95. The summed E-state index contributed by atoms with van der Waals surface area (Å²) in [5.41, 5.74) is 0.630. The molecule has 0 aromatic heterocycles. The number of hydrogen-bond donors (Lipinski definition) is 2. The number of anilines is 1. The Kier molecular flexibility index (Phi) is 6.42. The van der Waals surface area contributed by atoms with Crippen molar-refractivity contribution >= 4 is 17.7 Å². The molecule has 1 fully saturated rings. The summed E-state index contributed by atoms with van der Waals surface area (Å²) in [6.07, 6.45) is 1.82. The molecule has 0 saturated carbocycles. The molecular formula is C19H29N3O3. The Labute approximate surface area is 149 Å². The second-order valence-electron chi connectivity index (χ2n) is 7.34. The van der Waals surface area contributed by atoms with E-state index in [1.165, 1.54) is 6.42 Å². The third kappa shape index (κ3) is 6.05. The van der Waals surface area contributed by atoms with Gasteiger partial charge >= 0.3 is 6.09 Å². The minimum Gasteiger partial charge on any atom is -0.444 e. The predicted octanol–water partition coefficient (Wildman–Crippen LogP) is 3.25. The summed E-state index contributed by atoms with van der Waals surface area (Å²) in [5.74, 6) is -0.0910. The van der Waals surface area contributed by atoms with Crippen LogP contribution >= 0.6 is 0 Å². The monoisotopic (exact) mass is 347 g/mol. The lowest BCUT2D eigenvalue weighted by molar-refractivity contribution is 0.0635. The SMILES string of the molecule is CCN1CCC[C@H]1CNC(=O)c1ccc(NC(=O)OC(C)(C)C)cc1. The summed E-state index contributed by atoms with van der Waals surface area (Å²) >= 11 is 0. The van der Waals surface area contributed by atoms with Gasteiger partial charge in [0.15, 0.2) is 0 Å². The third-order valence-electron chi connectivity index (χ3n) is 4.20. The van der Waals surface area contributed by atoms with E-state index in [1.54, 1.807) is 24.3 Å². The lowest BCUT2D eigenvalue weighted by Crippen LogP contribution is -2.40. The Balaban J connectivity index is 1.84. The average Bonchev–Trinajstić information content (AvgIpc) is 2.99. The molecule has 1 aromatic rings. The van der Waals surface area contributed by atoms with Crippen molar-refractivity contribution in [1.29, 1.82) is 0 Å². The molecule has 1 aliphatic heterocycles. The van der Waals surface area contributed by atoms with Crippen molar-refractivity contribution in [1.82, 2.24) is 10.2 Å². The van der Waals surface area contributed by atoms with E-state index in [1.807, 2.05) is 20.8 Å². The van der Waals surface area contributed by atoms with Crippen molar-refractivity contribution in [2.24, 2.45) is 0 Å². The fraction of sp³-hybridized carbons (Fsp3) is 0.579. The summed E-state index contributed by atoms with van der Waals surface area (Å²) in [4.78, 5) is 26.4. The van der Waals surface area contributed by atoms with E-state index in [0.717, 1.165) is 19.5 Å². The van der Waals surface area contributed by atoms with Gasteiger partial charge in [-0.25, -0.2) is 4.79 Å². The van der Waals surface area contributed by atoms with Gasteiger partial charge in [0.2, 0.25) is 0 Å². The summed E-state index contributed by atoms with van der Waals surface area (Å²) in [5, 5.41) is 5.66. The highest BCUT2D eigenvalue weighted by Crippen LogP contribution is 2.16. The first-order valence-electron chi connectivity index (χ1n) is 8.91. The number of likely N-dealkylation sites (tertiary alicyclic amines) is 1. The number of rotatable bonds is 5. The smallest absolute Gasteiger partial charge is 0.412 e. The normalized spacial score (nSPS) is 18.0. The van der Waals surface area contributed by atoms with Crippen LogP contribution in [0.5, 0.6) is 0 Å². The van der Waals surface area contributed by atoms with Gasteiger partial charge in [-0.15, -0.1) is 0 Å². The molecule has 6 heteroatoms. The zero-order chi connectivity index (χ0) is 18.4. The fourth-order valence-electron chi connectivity index (χ4n) is 2.98. The minimum atomic E-state index is -0.545. The Bertz CT molecular complexity index is 593. The first kappa shape index (κ1) is 19.2. The molecule has 138 valence electrons. The number of ether oxygens (including phenoxy) is 1. The van der Waals surface area contributed by atoms with Crippen LogP contribution in [0.25, 0.3) is 0 Å². The van der Waals surface area contributed by atoms with Crippen molar-refractivity contribution in [3.63, 3.8) is 0 Å². The summed E-state index contributed by atoms with van der Waals surface area (Å²) in [6, 6.07) is 7.24. The molecule has 0 spiro atoms. The fourth-order valence-corrected chi connectivity index (χ4v) is 2.98. The quantitative estimate of drug-likeness (QED) is 0.858. The topological polar surface area (TPSA) is 70.7 Å². The third-order valence-corrected chi connectivity index (χ3v) is 4.20. The van der Waals surface area contributed by atoms with E-state index in [4.69, 9.17) is 4.74 Å². The van der Waals surface area contributed by atoms with Gasteiger partial charge in [-0.2, -0.15) is 0 Å². The molecule has 1 atom stereocenters. The van der Waals surface area contributed by atoms with Crippen LogP contribution in [0.3, 0.4) is 0 Å². The number of nitrogens with one attached hydrogen (secondary N) is 2. The van der Waals surface area contributed by atoms with Gasteiger partial charge in [0.1, 0.15) is 5.60 Å². The Morgan fingerprint density at radius 3 is 2.52 bits per heavy atom. The van der Waals surface area contributed by atoms with Gasteiger partial charge in [-0.1, -0.05) is 6.92 Å². The van der Waals surface area contributed by atoms with Crippen molar-refractivity contribution in [2.75, 3.05) is 25.0 Å². The summed E-state index contributed by atoms with van der Waals surface area (Å²) < 4.78 is 5.20. The lowest BCUT2D eigenvalue weighted by Gasteiger charge is -2.22. The van der Waals surface area contributed by atoms with Crippen LogP contribution in [0.2, 0.25) is 0 Å². The standard InChI is InChI=1S/C19H29N3O3/c1-5-22-12-6-7-16(22)13-20-17(23)14-8-10-15(11-9-14)21-18(24)25-19(2,3)4/h8-11,16H,5-7,12-13H2,1-4H3,(H,20,23)(H,21,24)/t16-/m0/s1. The van der Waals surface area contributed by atoms with Crippen LogP contribution in [-0.4, -0.2) is 48.2 Å². The van der Waals surface area contributed by atoms with E-state index in [-0.39, 0.29) is 5.91 Å². The van der Waals surface area contributed by atoms with Gasteiger partial charge < -0.3 is 10.1 Å². The number of carbonyl (C=O) groups is 2. The zero-order valence-corrected chi connectivity index (χ0v) is 15.6. The van der Waals surface area contributed by atoms with Gasteiger partial charge in [-0.05, 0) is 71.0 Å². The number of hydrogen-bond acceptors (Lipinski definition) is 4. The average molecular weight is 347 g/mol. The van der Waals surface area contributed by atoms with E-state index in [2.05, 4.69) is 22.5 Å². The molecule has 2 N–H and O–H groups in total. The van der Waals surface area contributed by atoms with Crippen LogP contribution < -0.4 is 10.6 Å². The van der Waals surface area contributed by atoms with E-state index >= 15 is 0 Å². The molecule has 1 aromatic carbocycles. The van der Waals surface area contributed by atoms with Gasteiger partial charge in [0.25, 0.3) is 5.91 Å². The van der Waals surface area contributed by atoms with Crippen LogP contribution in [0.15, 0.2) is 24.3 Å². The Hall–Kier alpha value is -2.08. The molecule has 0 aliphatic carbocycles. The molecular weight excluding hydrogens is 318 g/mol. The van der Waals surface area contributed by atoms with E-state index < -0.39 is 11.7 Å². The maximum atomic E-state index is 12.3. The highest BCUT2D eigenvalue weighted by Gasteiger charge is 2.23. The molecule has 25 heavy (non-hydrogen) atoms. The number of carbonyl (C=O) groups excluding carboxylic acids is 2. The molecule has 0 bridgehead atoms. The number of likely N-dealkylation sites (N-methyl/N-ethyl adjacent to an activating group) is 1. The number of benzene rings is 1. The first-order chi connectivity index (χ1) is 11.8. The second kappa shape index (κ2) is 8.34. The molecule has 1 heterocycles. The molecule has 0 radical (unpaired) electrons. The van der Waals surface area contributed by atoms with Crippen LogP contribution in [-0.2, 0) is 4.74 Å². The van der Waals surface area contributed by atoms with Crippen LogP contribution in [0.4, 0.5) is 10.5 Å². The molecule has 0 unspecified atom stereocenters. The van der Waals surface area contributed by atoms with Crippen LogP contribution in [0, 0.1) is 0 Å².